The number of pyridine rings is 1. The maximum atomic E-state index is 12.7. The number of H-pyrrole nitrogens is 2. The average molecular weight is 431 g/mol. The van der Waals surface area contributed by atoms with E-state index in [4.69, 9.17) is 4.98 Å². The fourth-order valence-corrected chi connectivity index (χ4v) is 4.32. The summed E-state index contributed by atoms with van der Waals surface area (Å²) in [7, 11) is 0. The van der Waals surface area contributed by atoms with Gasteiger partial charge in [0.1, 0.15) is 11.5 Å². The van der Waals surface area contributed by atoms with Crippen molar-refractivity contribution in [2.75, 3.05) is 31.1 Å². The number of piperazine rings is 1. The monoisotopic (exact) mass is 431 g/mol. The van der Waals surface area contributed by atoms with E-state index in [2.05, 4.69) is 25.1 Å². The lowest BCUT2D eigenvalue weighted by Crippen LogP contribution is -2.46. The highest BCUT2D eigenvalue weighted by atomic mass is 19.4. The first-order valence-electron chi connectivity index (χ1n) is 10.6. The first-order valence-corrected chi connectivity index (χ1v) is 10.6. The summed E-state index contributed by atoms with van der Waals surface area (Å²) in [4.78, 5) is 16.6. The van der Waals surface area contributed by atoms with E-state index in [-0.39, 0.29) is 0 Å². The van der Waals surface area contributed by atoms with Crippen molar-refractivity contribution in [1.82, 2.24) is 30.0 Å². The molecule has 2 aliphatic rings. The molecule has 5 rings (SSSR count). The van der Waals surface area contributed by atoms with Crippen LogP contribution < -0.4 is 4.90 Å². The number of anilines is 1. The third-order valence-electron chi connectivity index (χ3n) is 6.07. The number of aromatic amines is 2. The van der Waals surface area contributed by atoms with Crippen LogP contribution in [0.4, 0.5) is 19.0 Å². The van der Waals surface area contributed by atoms with Crippen LogP contribution in [-0.4, -0.2) is 56.2 Å². The van der Waals surface area contributed by atoms with E-state index in [9.17, 15) is 13.2 Å². The summed E-state index contributed by atoms with van der Waals surface area (Å²) >= 11 is 0. The number of aryl methyl sites for hydroxylation is 2. The van der Waals surface area contributed by atoms with E-state index >= 15 is 0 Å². The number of alkyl halides is 3. The van der Waals surface area contributed by atoms with E-state index in [1.165, 1.54) is 30.3 Å². The lowest BCUT2D eigenvalue weighted by molar-refractivity contribution is -0.137. The fraction of sp³-hybridized carbons (Fsp3) is 0.476. The maximum absolute atomic E-state index is 12.7. The molecule has 1 fully saturated rings. The molecule has 0 spiro atoms. The van der Waals surface area contributed by atoms with Gasteiger partial charge in [-0.2, -0.15) is 18.3 Å². The molecule has 2 N–H and O–H groups in total. The lowest BCUT2D eigenvalue weighted by Gasteiger charge is -2.35. The average Bonchev–Trinajstić information content (AvgIpc) is 3.40. The zero-order valence-corrected chi connectivity index (χ0v) is 17.0. The van der Waals surface area contributed by atoms with Gasteiger partial charge in [-0.05, 0) is 37.8 Å². The summed E-state index contributed by atoms with van der Waals surface area (Å²) in [6, 6.07) is 2.54. The fourth-order valence-electron chi connectivity index (χ4n) is 4.32. The highest BCUT2D eigenvalue weighted by molar-refractivity contribution is 5.55. The number of imidazole rings is 1. The van der Waals surface area contributed by atoms with Crippen LogP contribution in [0, 0.1) is 0 Å². The molecule has 0 atom stereocenters. The number of hydrogen-bond acceptors (Lipinski definition) is 5. The lowest BCUT2D eigenvalue weighted by atomic mass is 10.0. The second-order valence-corrected chi connectivity index (χ2v) is 8.15. The molecule has 3 aromatic rings. The number of aromatic nitrogens is 5. The molecule has 0 radical (unpaired) electrons. The number of nitrogens with one attached hydrogen (secondary N) is 2. The van der Waals surface area contributed by atoms with Gasteiger partial charge in [-0.3, -0.25) is 10.00 Å². The van der Waals surface area contributed by atoms with E-state index in [1.807, 2.05) is 11.1 Å². The van der Waals surface area contributed by atoms with Gasteiger partial charge in [0.15, 0.2) is 5.82 Å². The molecule has 0 saturated carbocycles. The number of nitrogens with zero attached hydrogens (tertiary/aromatic N) is 5. The summed E-state index contributed by atoms with van der Waals surface area (Å²) in [5, 5.41) is 7.33. The van der Waals surface area contributed by atoms with E-state index in [0.29, 0.717) is 18.9 Å². The van der Waals surface area contributed by atoms with Crippen LogP contribution >= 0.6 is 0 Å². The molecule has 1 saturated heterocycles. The maximum Gasteiger partial charge on any atom is 0.417 e. The Morgan fingerprint density at radius 2 is 1.81 bits per heavy atom. The SMILES string of the molecule is FC(F)(F)c1ccc(N2CCN(Cc3cn[nH]c3-c3nc4c([nH]3)CCCC4)CC2)nc1. The summed E-state index contributed by atoms with van der Waals surface area (Å²) in [6.45, 7) is 3.75. The molecule has 164 valence electrons. The Balaban J connectivity index is 1.22. The third-order valence-corrected chi connectivity index (χ3v) is 6.07. The molecule has 0 aromatic carbocycles. The van der Waals surface area contributed by atoms with Crippen molar-refractivity contribution < 1.29 is 13.2 Å². The van der Waals surface area contributed by atoms with Crippen molar-refractivity contribution in [3.8, 4) is 11.5 Å². The Hall–Kier alpha value is -2.88. The van der Waals surface area contributed by atoms with Gasteiger partial charge in [-0.1, -0.05) is 0 Å². The normalized spacial score (nSPS) is 17.7. The Morgan fingerprint density at radius 3 is 2.52 bits per heavy atom. The van der Waals surface area contributed by atoms with Gasteiger partial charge in [0.25, 0.3) is 0 Å². The topological polar surface area (TPSA) is 76.7 Å². The van der Waals surface area contributed by atoms with Crippen molar-refractivity contribution in [1.29, 1.82) is 0 Å². The predicted octanol–water partition coefficient (Wildman–Crippen LogP) is 3.41. The Labute approximate surface area is 177 Å². The highest BCUT2D eigenvalue weighted by Gasteiger charge is 2.31. The van der Waals surface area contributed by atoms with Crippen molar-refractivity contribution in [3.63, 3.8) is 0 Å². The minimum Gasteiger partial charge on any atom is -0.354 e. The molecule has 4 heterocycles. The molecule has 10 heteroatoms. The second-order valence-electron chi connectivity index (χ2n) is 8.15. The molecule has 1 aliphatic heterocycles. The summed E-state index contributed by atoms with van der Waals surface area (Å²) < 4.78 is 38.2. The molecular formula is C21H24F3N7. The smallest absolute Gasteiger partial charge is 0.354 e. The van der Waals surface area contributed by atoms with E-state index < -0.39 is 11.7 Å². The second kappa shape index (κ2) is 7.99. The number of fused-ring (bicyclic) bond motifs is 1. The molecule has 0 bridgehead atoms. The van der Waals surface area contributed by atoms with Gasteiger partial charge in [0, 0.05) is 50.2 Å². The van der Waals surface area contributed by atoms with Crippen molar-refractivity contribution in [2.24, 2.45) is 0 Å². The molecular weight excluding hydrogens is 407 g/mol. The molecule has 0 amide bonds. The minimum atomic E-state index is -4.36. The zero-order chi connectivity index (χ0) is 21.4. The minimum absolute atomic E-state index is 0.581. The molecule has 7 nitrogen and oxygen atoms in total. The zero-order valence-electron chi connectivity index (χ0n) is 17.0. The van der Waals surface area contributed by atoms with Gasteiger partial charge in [0.05, 0.1) is 17.5 Å². The molecule has 3 aromatic heterocycles. The van der Waals surface area contributed by atoms with Crippen LogP contribution in [-0.2, 0) is 25.6 Å². The Bertz CT molecular complexity index is 1010. The summed E-state index contributed by atoms with van der Waals surface area (Å²) in [6.07, 6.45) is 2.84. The van der Waals surface area contributed by atoms with Crippen molar-refractivity contribution in [3.05, 3.63) is 47.0 Å². The highest BCUT2D eigenvalue weighted by Crippen LogP contribution is 2.30. The third kappa shape index (κ3) is 4.16. The molecule has 31 heavy (non-hydrogen) atoms. The van der Waals surface area contributed by atoms with Crippen LogP contribution in [0.25, 0.3) is 11.5 Å². The van der Waals surface area contributed by atoms with Crippen LogP contribution in [0.1, 0.15) is 35.4 Å². The first-order chi connectivity index (χ1) is 15.0. The van der Waals surface area contributed by atoms with Gasteiger partial charge in [0.2, 0.25) is 0 Å². The van der Waals surface area contributed by atoms with Crippen molar-refractivity contribution in [2.45, 2.75) is 38.4 Å². The standard InChI is InChI=1S/C21H24F3N7/c22-21(23,24)15-5-6-18(25-12-15)31-9-7-30(8-10-31)13-14-11-26-29-19(14)20-27-16-3-1-2-4-17(16)28-20/h5-6,11-12H,1-4,7-10,13H2,(H,26,29)(H,27,28). The first kappa shape index (κ1) is 20.0. The van der Waals surface area contributed by atoms with Gasteiger partial charge >= 0.3 is 6.18 Å². The number of rotatable bonds is 4. The van der Waals surface area contributed by atoms with E-state index in [0.717, 1.165) is 61.8 Å². The Morgan fingerprint density at radius 1 is 1.00 bits per heavy atom. The summed E-state index contributed by atoms with van der Waals surface area (Å²) in [5.41, 5.74) is 3.70. The predicted molar refractivity (Wildman–Crippen MR) is 110 cm³/mol. The quantitative estimate of drug-likeness (QED) is 0.662. The molecule has 1 aliphatic carbocycles. The van der Waals surface area contributed by atoms with E-state index in [1.54, 1.807) is 0 Å². The van der Waals surface area contributed by atoms with Gasteiger partial charge < -0.3 is 9.88 Å². The van der Waals surface area contributed by atoms with Crippen LogP contribution in [0.15, 0.2) is 24.5 Å². The van der Waals surface area contributed by atoms with Crippen LogP contribution in [0.3, 0.4) is 0 Å². The summed E-state index contributed by atoms with van der Waals surface area (Å²) in [5.74, 6) is 1.44. The van der Waals surface area contributed by atoms with Gasteiger partial charge in [-0.15, -0.1) is 0 Å². The number of halogens is 3. The van der Waals surface area contributed by atoms with Gasteiger partial charge in [-0.25, -0.2) is 9.97 Å². The number of hydrogen-bond donors (Lipinski definition) is 2. The molecule has 0 unspecified atom stereocenters. The Kier molecular flexibility index (Phi) is 5.17. The van der Waals surface area contributed by atoms with Crippen LogP contribution in [0.5, 0.6) is 0 Å². The van der Waals surface area contributed by atoms with Crippen LogP contribution in [0.2, 0.25) is 0 Å². The largest absolute Gasteiger partial charge is 0.417 e. The van der Waals surface area contributed by atoms with Crippen molar-refractivity contribution >= 4 is 5.82 Å².